The van der Waals surface area contributed by atoms with Gasteiger partial charge in [-0.05, 0) is 50.1 Å². The first-order chi connectivity index (χ1) is 26.9. The normalized spacial score (nSPS) is 22.6. The lowest BCUT2D eigenvalue weighted by molar-refractivity contribution is -0.315. The van der Waals surface area contributed by atoms with Gasteiger partial charge in [0.25, 0.3) is 0 Å². The molecule has 0 aliphatic carbocycles. The molecule has 20 heteroatoms. The molecular formula is C36H33Cl2F3N8O7. The summed E-state index contributed by atoms with van der Waals surface area (Å²) >= 11 is 13.0. The number of fused-ring (bicyclic) bond motifs is 1. The first-order valence-corrected chi connectivity index (χ1v) is 18.0. The van der Waals surface area contributed by atoms with Gasteiger partial charge in [0.2, 0.25) is 0 Å². The van der Waals surface area contributed by atoms with E-state index in [1.807, 2.05) is 6.07 Å². The highest BCUT2D eigenvalue weighted by Gasteiger charge is 2.55. The zero-order valence-corrected chi connectivity index (χ0v) is 30.7. The maximum atomic E-state index is 14.4. The molecule has 2 aliphatic heterocycles. The van der Waals surface area contributed by atoms with Crippen LogP contribution in [0.2, 0.25) is 10.0 Å². The number of ether oxygens (including phenoxy) is 3. The molecule has 5 aromatic rings. The number of carbonyl (C=O) groups is 2. The van der Waals surface area contributed by atoms with Crippen LogP contribution in [0.5, 0.6) is 0 Å². The van der Waals surface area contributed by atoms with E-state index in [1.54, 1.807) is 49.4 Å². The molecule has 4 heterocycles. The molecule has 0 radical (unpaired) electrons. The first-order valence-electron chi connectivity index (χ1n) is 17.3. The Kier molecular flexibility index (Phi) is 11.5. The molecule has 2 aromatic heterocycles. The summed E-state index contributed by atoms with van der Waals surface area (Å²) in [6, 6.07) is 13.3. The molecule has 2 aliphatic rings. The summed E-state index contributed by atoms with van der Waals surface area (Å²) in [6.07, 6.45) is -4.92. The minimum absolute atomic E-state index is 0.0227. The van der Waals surface area contributed by atoms with Gasteiger partial charge >= 0.3 is 12.2 Å². The van der Waals surface area contributed by atoms with Crippen LogP contribution in [0.15, 0.2) is 66.9 Å². The lowest BCUT2D eigenvalue weighted by Crippen LogP contribution is -2.59. The van der Waals surface area contributed by atoms with Gasteiger partial charge in [-0.3, -0.25) is 0 Å². The predicted molar refractivity (Wildman–Crippen MR) is 192 cm³/mol. The number of benzene rings is 3. The van der Waals surface area contributed by atoms with E-state index in [-0.39, 0.29) is 48.1 Å². The van der Waals surface area contributed by atoms with Gasteiger partial charge in [0.1, 0.15) is 29.8 Å². The number of halogens is 5. The Morgan fingerprint density at radius 2 is 1.77 bits per heavy atom. The van der Waals surface area contributed by atoms with E-state index < -0.39 is 72.2 Å². The zero-order valence-electron chi connectivity index (χ0n) is 29.2. The molecule has 0 bridgehead atoms. The first kappa shape index (κ1) is 39.0. The average Bonchev–Trinajstić information content (AvgIpc) is 3.82. The Hall–Kier alpha value is -5.27. The third kappa shape index (κ3) is 8.15. The summed E-state index contributed by atoms with van der Waals surface area (Å²) < 4.78 is 65.2. The van der Waals surface area contributed by atoms with Crippen molar-refractivity contribution in [3.05, 3.63) is 112 Å². The summed E-state index contributed by atoms with van der Waals surface area (Å²) in [5, 5.41) is 38.1. The third-order valence-electron chi connectivity index (χ3n) is 9.50. The monoisotopic (exact) mass is 816 g/mol. The summed E-state index contributed by atoms with van der Waals surface area (Å²) in [6.45, 7) is 1.60. The highest BCUT2D eigenvalue weighted by molar-refractivity contribution is 6.34. The van der Waals surface area contributed by atoms with Crippen LogP contribution < -0.4 is 10.6 Å². The Labute approximate surface area is 326 Å². The Morgan fingerprint density at radius 1 is 1.02 bits per heavy atom. The number of aryl methyl sites for hydroxylation is 1. The molecule has 3 unspecified atom stereocenters. The number of rotatable bonds is 11. The molecule has 7 rings (SSSR count). The zero-order chi connectivity index (χ0) is 39.7. The van der Waals surface area contributed by atoms with Gasteiger partial charge < -0.3 is 35.1 Å². The molecule has 4 N–H and O–H groups in total. The van der Waals surface area contributed by atoms with Gasteiger partial charge in [-0.1, -0.05) is 58.7 Å². The number of hydrogen-bond acceptors (Lipinski definition) is 9. The van der Waals surface area contributed by atoms with Gasteiger partial charge in [-0.25, -0.2) is 37.1 Å². The maximum absolute atomic E-state index is 14.4. The van der Waals surface area contributed by atoms with E-state index >= 15 is 0 Å². The van der Waals surface area contributed by atoms with Gasteiger partial charge in [0.15, 0.2) is 29.6 Å². The topological polar surface area (TPSA) is 188 Å². The smallest absolute Gasteiger partial charge is 0.404 e. The van der Waals surface area contributed by atoms with E-state index in [0.717, 1.165) is 12.1 Å². The highest BCUT2D eigenvalue weighted by atomic mass is 35.5. The highest BCUT2D eigenvalue weighted by Crippen LogP contribution is 2.49. The Bertz CT molecular complexity index is 2210. The number of hydrogen-bond donors (Lipinski definition) is 4. The number of amides is 2. The molecule has 294 valence electrons. The van der Waals surface area contributed by atoms with Crippen LogP contribution in [0.4, 0.5) is 22.8 Å². The van der Waals surface area contributed by atoms with Crippen LogP contribution in [-0.2, 0) is 14.2 Å². The second-order valence-electron chi connectivity index (χ2n) is 13.1. The molecule has 3 aromatic carbocycles. The van der Waals surface area contributed by atoms with Crippen molar-refractivity contribution in [1.82, 2.24) is 40.4 Å². The summed E-state index contributed by atoms with van der Waals surface area (Å²) in [5.41, 5.74) is 0.856. The predicted octanol–water partition coefficient (Wildman–Crippen LogP) is 6.65. The second-order valence-corrected chi connectivity index (χ2v) is 14.0. The van der Waals surface area contributed by atoms with Crippen molar-refractivity contribution in [3.63, 3.8) is 0 Å². The largest absolute Gasteiger partial charge is 0.465 e. The van der Waals surface area contributed by atoms with E-state index in [0.29, 0.717) is 22.1 Å². The number of aromatic nitrogens is 6. The fourth-order valence-electron chi connectivity index (χ4n) is 7.17. The Morgan fingerprint density at radius 3 is 2.48 bits per heavy atom. The lowest BCUT2D eigenvalue weighted by atomic mass is 9.77. The quantitative estimate of drug-likeness (QED) is 0.0826. The summed E-state index contributed by atoms with van der Waals surface area (Å²) in [4.78, 5) is 28.6. The van der Waals surface area contributed by atoms with Crippen molar-refractivity contribution in [2.24, 2.45) is 5.92 Å². The molecule has 2 saturated heterocycles. The molecule has 7 atom stereocenters. The Balaban J connectivity index is 1.41. The van der Waals surface area contributed by atoms with Gasteiger partial charge in [-0.15, -0.1) is 5.10 Å². The number of carboxylic acid groups (broad SMARTS) is 2. The van der Waals surface area contributed by atoms with Gasteiger partial charge in [0.05, 0.1) is 29.6 Å². The van der Waals surface area contributed by atoms with Crippen LogP contribution in [0.3, 0.4) is 0 Å². The van der Waals surface area contributed by atoms with Gasteiger partial charge in [-0.2, -0.15) is 5.10 Å². The van der Waals surface area contributed by atoms with E-state index in [9.17, 15) is 33.0 Å². The molecule has 0 saturated carbocycles. The second kappa shape index (κ2) is 16.4. The van der Waals surface area contributed by atoms with E-state index in [1.165, 1.54) is 15.6 Å². The van der Waals surface area contributed by atoms with Crippen LogP contribution in [0, 0.1) is 30.3 Å². The molecule has 15 nitrogen and oxygen atoms in total. The maximum Gasteiger partial charge on any atom is 0.404 e. The molecular weight excluding hydrogens is 784 g/mol. The van der Waals surface area contributed by atoms with Crippen molar-refractivity contribution >= 4 is 35.4 Å². The number of nitrogens with one attached hydrogen (secondary N) is 2. The van der Waals surface area contributed by atoms with Crippen molar-refractivity contribution in [2.75, 3.05) is 13.2 Å². The summed E-state index contributed by atoms with van der Waals surface area (Å²) in [7, 11) is 0. The summed E-state index contributed by atoms with van der Waals surface area (Å²) in [5.74, 6) is -5.05. The standard InChI is InChI=1S/C36H33Cl2F3N8O7/c1-17-43-33(49(46-17)26-14-20(37)9-10-21(26)38)32-28(24(44-36(52)53)8-5-11-42-35(50)51)30(31-27(55-32)16-54-34(56-31)18-6-3-2-4-7-18)48-15-25(45-47-48)19-12-22(39)29(41)23(40)13-19/h2-4,6-7,9-10,12-15,24,27-28,30-32,34,42,44H,5,8,11,16H2,1H3,(H,50,51)(H,52,53)/t24?,27?,28-,30+,31?,32+,34-/m0/s1. The fourth-order valence-corrected chi connectivity index (χ4v) is 7.53. The van der Waals surface area contributed by atoms with Crippen molar-refractivity contribution in [2.45, 2.75) is 56.5 Å². The average molecular weight is 818 g/mol. The van der Waals surface area contributed by atoms with Crippen molar-refractivity contribution < 1.29 is 47.2 Å². The van der Waals surface area contributed by atoms with Crippen LogP contribution >= 0.6 is 23.2 Å². The number of nitrogens with zero attached hydrogens (tertiary/aromatic N) is 6. The minimum Gasteiger partial charge on any atom is -0.465 e. The van der Waals surface area contributed by atoms with Gasteiger partial charge in [0, 0.05) is 34.7 Å². The molecule has 2 amide bonds. The molecule has 2 fully saturated rings. The minimum atomic E-state index is -1.65. The van der Waals surface area contributed by atoms with Crippen LogP contribution in [0.25, 0.3) is 16.9 Å². The van der Waals surface area contributed by atoms with Crippen molar-refractivity contribution in [3.8, 4) is 16.9 Å². The third-order valence-corrected chi connectivity index (χ3v) is 10.1. The van der Waals surface area contributed by atoms with Crippen LogP contribution in [-0.4, -0.2) is 83.6 Å². The van der Waals surface area contributed by atoms with Crippen molar-refractivity contribution in [1.29, 1.82) is 0 Å². The molecule has 56 heavy (non-hydrogen) atoms. The van der Waals surface area contributed by atoms with Crippen LogP contribution in [0.1, 0.15) is 48.5 Å². The van der Waals surface area contributed by atoms with E-state index in [2.05, 4.69) is 26.0 Å². The molecule has 0 spiro atoms. The lowest BCUT2D eigenvalue weighted by Gasteiger charge is -2.51. The van der Waals surface area contributed by atoms with E-state index in [4.69, 9.17) is 42.4 Å². The SMILES string of the molecule is Cc1nc([C@@H]2OC3CO[C@H](c4ccccc4)OC3[C@H](n3cc(-c4cc(F)c(F)c(F)c4)nn3)[C@@H]2C(CCCNC(=O)O)NC(=O)O)n(-c2cc(Cl)ccc2Cl)n1. The fraction of sp³-hybridized carbons (Fsp3) is 0.333.